The average Bonchev–Trinajstić information content (AvgIpc) is 2.51. The van der Waals surface area contributed by atoms with E-state index in [4.69, 9.17) is 4.74 Å². The third-order valence-corrected chi connectivity index (χ3v) is 4.15. The standard InChI is InChI=1S/C20H25NO2/c1-14-10-11-18(13-16(14)3)21-20(22)9-6-12-23-19-8-5-7-15(2)17(19)4/h5,7-8,10-11,13H,6,9,12H2,1-4H3,(H,21,22). The third-order valence-electron chi connectivity index (χ3n) is 4.15. The van der Waals surface area contributed by atoms with Gasteiger partial charge in [-0.15, -0.1) is 0 Å². The van der Waals surface area contributed by atoms with Crippen LogP contribution in [0.25, 0.3) is 0 Å². The Morgan fingerprint density at radius 1 is 1.00 bits per heavy atom. The van der Waals surface area contributed by atoms with Crippen LogP contribution in [0.2, 0.25) is 0 Å². The number of rotatable bonds is 6. The number of aryl methyl sites for hydroxylation is 3. The predicted octanol–water partition coefficient (Wildman–Crippen LogP) is 4.72. The van der Waals surface area contributed by atoms with Crippen molar-refractivity contribution in [3.63, 3.8) is 0 Å². The van der Waals surface area contributed by atoms with Crippen LogP contribution in [0.5, 0.6) is 5.75 Å². The highest BCUT2D eigenvalue weighted by Crippen LogP contribution is 2.20. The first-order valence-corrected chi connectivity index (χ1v) is 8.03. The lowest BCUT2D eigenvalue weighted by atomic mass is 10.1. The number of nitrogens with one attached hydrogen (secondary N) is 1. The van der Waals surface area contributed by atoms with E-state index in [0.29, 0.717) is 19.4 Å². The molecule has 0 unspecified atom stereocenters. The zero-order valence-corrected chi connectivity index (χ0v) is 14.4. The van der Waals surface area contributed by atoms with Crippen molar-refractivity contribution in [3.8, 4) is 5.75 Å². The molecule has 122 valence electrons. The van der Waals surface area contributed by atoms with Gasteiger partial charge in [-0.3, -0.25) is 4.79 Å². The Labute approximate surface area is 138 Å². The molecular formula is C20H25NO2. The zero-order chi connectivity index (χ0) is 16.8. The molecule has 0 aromatic heterocycles. The Morgan fingerprint density at radius 2 is 1.78 bits per heavy atom. The van der Waals surface area contributed by atoms with Gasteiger partial charge in [0.25, 0.3) is 0 Å². The van der Waals surface area contributed by atoms with Crippen molar-refractivity contribution in [1.29, 1.82) is 0 Å². The van der Waals surface area contributed by atoms with Crippen molar-refractivity contribution in [2.45, 2.75) is 40.5 Å². The molecule has 2 aromatic carbocycles. The highest BCUT2D eigenvalue weighted by atomic mass is 16.5. The van der Waals surface area contributed by atoms with Gasteiger partial charge in [0.1, 0.15) is 5.75 Å². The molecule has 2 aromatic rings. The number of carbonyl (C=O) groups excluding carboxylic acids is 1. The first-order chi connectivity index (χ1) is 11.0. The fourth-order valence-electron chi connectivity index (χ4n) is 2.34. The van der Waals surface area contributed by atoms with Crippen LogP contribution in [0.15, 0.2) is 36.4 Å². The number of anilines is 1. The summed E-state index contributed by atoms with van der Waals surface area (Å²) in [5.41, 5.74) is 5.64. The van der Waals surface area contributed by atoms with E-state index in [9.17, 15) is 4.79 Å². The SMILES string of the molecule is Cc1ccc(NC(=O)CCCOc2cccc(C)c2C)cc1C. The number of hydrogen-bond donors (Lipinski definition) is 1. The summed E-state index contributed by atoms with van der Waals surface area (Å²) in [5.74, 6) is 0.928. The molecule has 0 fully saturated rings. The van der Waals surface area contributed by atoms with E-state index >= 15 is 0 Å². The summed E-state index contributed by atoms with van der Waals surface area (Å²) in [4.78, 5) is 12.0. The molecule has 0 radical (unpaired) electrons. The molecule has 0 spiro atoms. The van der Waals surface area contributed by atoms with Gasteiger partial charge in [-0.1, -0.05) is 18.2 Å². The van der Waals surface area contributed by atoms with E-state index in [-0.39, 0.29) is 5.91 Å². The summed E-state index contributed by atoms with van der Waals surface area (Å²) in [6.07, 6.45) is 1.15. The maximum Gasteiger partial charge on any atom is 0.224 e. The Balaban J connectivity index is 1.76. The van der Waals surface area contributed by atoms with Gasteiger partial charge in [0.05, 0.1) is 6.61 Å². The van der Waals surface area contributed by atoms with E-state index in [1.807, 2.05) is 37.3 Å². The molecule has 0 saturated heterocycles. The summed E-state index contributed by atoms with van der Waals surface area (Å²) >= 11 is 0. The van der Waals surface area contributed by atoms with Crippen LogP contribution in [0.1, 0.15) is 35.1 Å². The van der Waals surface area contributed by atoms with Crippen molar-refractivity contribution < 1.29 is 9.53 Å². The summed E-state index contributed by atoms with van der Waals surface area (Å²) in [5, 5.41) is 2.93. The summed E-state index contributed by atoms with van der Waals surface area (Å²) in [6, 6.07) is 12.0. The van der Waals surface area contributed by atoms with Gasteiger partial charge >= 0.3 is 0 Å². The van der Waals surface area contributed by atoms with E-state index < -0.39 is 0 Å². The molecule has 2 rings (SSSR count). The first-order valence-electron chi connectivity index (χ1n) is 8.03. The second-order valence-corrected chi connectivity index (χ2v) is 6.00. The summed E-state index contributed by atoms with van der Waals surface area (Å²) < 4.78 is 5.77. The van der Waals surface area contributed by atoms with Crippen molar-refractivity contribution in [2.24, 2.45) is 0 Å². The topological polar surface area (TPSA) is 38.3 Å². The molecule has 0 aliphatic heterocycles. The molecule has 23 heavy (non-hydrogen) atoms. The molecule has 3 nitrogen and oxygen atoms in total. The largest absolute Gasteiger partial charge is 0.493 e. The minimum atomic E-state index is 0.0258. The summed E-state index contributed by atoms with van der Waals surface area (Å²) in [6.45, 7) is 8.77. The minimum absolute atomic E-state index is 0.0258. The zero-order valence-electron chi connectivity index (χ0n) is 14.4. The lowest BCUT2D eigenvalue weighted by molar-refractivity contribution is -0.116. The van der Waals surface area contributed by atoms with Gasteiger partial charge in [0, 0.05) is 12.1 Å². The molecule has 0 heterocycles. The van der Waals surface area contributed by atoms with Crippen molar-refractivity contribution in [3.05, 3.63) is 58.7 Å². The third kappa shape index (κ3) is 4.85. The fourth-order valence-corrected chi connectivity index (χ4v) is 2.34. The van der Waals surface area contributed by atoms with E-state index in [0.717, 1.165) is 17.0 Å². The van der Waals surface area contributed by atoms with E-state index in [2.05, 4.69) is 32.2 Å². The molecule has 0 aliphatic rings. The second-order valence-electron chi connectivity index (χ2n) is 6.00. The highest BCUT2D eigenvalue weighted by molar-refractivity contribution is 5.90. The molecule has 3 heteroatoms. The maximum atomic E-state index is 12.0. The van der Waals surface area contributed by atoms with Crippen molar-refractivity contribution in [2.75, 3.05) is 11.9 Å². The van der Waals surface area contributed by atoms with Crippen molar-refractivity contribution >= 4 is 11.6 Å². The number of ether oxygens (including phenoxy) is 1. The van der Waals surface area contributed by atoms with Gasteiger partial charge < -0.3 is 10.1 Å². The van der Waals surface area contributed by atoms with Gasteiger partial charge in [-0.25, -0.2) is 0 Å². The quantitative estimate of drug-likeness (QED) is 0.784. The van der Waals surface area contributed by atoms with E-state index in [1.165, 1.54) is 16.7 Å². The summed E-state index contributed by atoms with van der Waals surface area (Å²) in [7, 11) is 0. The maximum absolute atomic E-state index is 12.0. The Morgan fingerprint density at radius 3 is 2.52 bits per heavy atom. The molecule has 0 atom stereocenters. The smallest absolute Gasteiger partial charge is 0.224 e. The number of benzene rings is 2. The molecule has 1 amide bonds. The van der Waals surface area contributed by atoms with Gasteiger partial charge in [-0.2, -0.15) is 0 Å². The Kier molecular flexibility index (Phi) is 5.80. The molecule has 0 bridgehead atoms. The fraction of sp³-hybridized carbons (Fsp3) is 0.350. The molecule has 0 aliphatic carbocycles. The highest BCUT2D eigenvalue weighted by Gasteiger charge is 2.05. The van der Waals surface area contributed by atoms with Crippen LogP contribution in [-0.4, -0.2) is 12.5 Å². The lowest BCUT2D eigenvalue weighted by Crippen LogP contribution is -2.13. The van der Waals surface area contributed by atoms with Gasteiger partial charge in [-0.05, 0) is 74.6 Å². The van der Waals surface area contributed by atoms with E-state index in [1.54, 1.807) is 0 Å². The minimum Gasteiger partial charge on any atom is -0.493 e. The molecular weight excluding hydrogens is 286 g/mol. The molecule has 0 saturated carbocycles. The van der Waals surface area contributed by atoms with Gasteiger partial charge in [0.15, 0.2) is 0 Å². The van der Waals surface area contributed by atoms with Crippen LogP contribution in [0.3, 0.4) is 0 Å². The predicted molar refractivity (Wildman–Crippen MR) is 95.2 cm³/mol. The van der Waals surface area contributed by atoms with Crippen LogP contribution < -0.4 is 10.1 Å². The second kappa shape index (κ2) is 7.82. The van der Waals surface area contributed by atoms with Crippen LogP contribution in [-0.2, 0) is 4.79 Å². The normalized spacial score (nSPS) is 10.4. The van der Waals surface area contributed by atoms with Crippen LogP contribution in [0, 0.1) is 27.7 Å². The average molecular weight is 311 g/mol. The first kappa shape index (κ1) is 17.1. The van der Waals surface area contributed by atoms with Crippen LogP contribution in [0.4, 0.5) is 5.69 Å². The monoisotopic (exact) mass is 311 g/mol. The van der Waals surface area contributed by atoms with Crippen LogP contribution >= 0.6 is 0 Å². The Bertz CT molecular complexity index is 692. The van der Waals surface area contributed by atoms with Crippen molar-refractivity contribution in [1.82, 2.24) is 0 Å². The molecule has 1 N–H and O–H groups in total. The number of carbonyl (C=O) groups is 1. The lowest BCUT2D eigenvalue weighted by Gasteiger charge is -2.11. The number of amides is 1. The Hall–Kier alpha value is -2.29. The number of hydrogen-bond acceptors (Lipinski definition) is 2. The van der Waals surface area contributed by atoms with Gasteiger partial charge in [0.2, 0.25) is 5.91 Å².